The average molecular weight is 205 g/mol. The molecule has 0 bridgehead atoms. The smallest absolute Gasteiger partial charge is 0.399 e. The van der Waals surface area contributed by atoms with Gasteiger partial charge in [-0.3, -0.25) is 0 Å². The maximum Gasteiger partial charge on any atom is 0.575 e. The fourth-order valence-electron chi connectivity index (χ4n) is 0.783. The van der Waals surface area contributed by atoms with Gasteiger partial charge in [-0.25, -0.2) is 4.79 Å². The number of benzene rings is 1. The van der Waals surface area contributed by atoms with Crippen molar-refractivity contribution in [3.8, 4) is 0 Å². The van der Waals surface area contributed by atoms with Crippen LogP contribution in [-0.2, 0) is 4.74 Å². The second-order valence-corrected chi connectivity index (χ2v) is 2.46. The summed E-state index contributed by atoms with van der Waals surface area (Å²) in [4.78, 5) is 10.8. The molecule has 0 amide bonds. The number of alkyl halides is 3. The van der Waals surface area contributed by atoms with Crippen LogP contribution in [0.25, 0.3) is 0 Å². The summed E-state index contributed by atoms with van der Waals surface area (Å²) in [6, 6.07) is 4.94. The normalized spacial score (nSPS) is 11.1. The van der Waals surface area contributed by atoms with E-state index in [-0.39, 0.29) is 5.56 Å². The number of esters is 1. The number of nitrogens with two attached hydrogens (primary N) is 1. The van der Waals surface area contributed by atoms with Gasteiger partial charge in [-0.15, -0.1) is 13.2 Å². The van der Waals surface area contributed by atoms with E-state index in [2.05, 4.69) is 4.74 Å². The lowest BCUT2D eigenvalue weighted by Crippen LogP contribution is -2.19. The minimum absolute atomic E-state index is 0.198. The van der Waals surface area contributed by atoms with Gasteiger partial charge >= 0.3 is 12.3 Å². The maximum absolute atomic E-state index is 11.6. The summed E-state index contributed by atoms with van der Waals surface area (Å²) in [6.07, 6.45) is -4.96. The Balaban J connectivity index is 2.76. The summed E-state index contributed by atoms with van der Waals surface area (Å²) < 4.78 is 38.0. The molecule has 6 heteroatoms. The Labute approximate surface area is 77.3 Å². The number of carbonyl (C=O) groups is 1. The second-order valence-electron chi connectivity index (χ2n) is 2.46. The highest BCUT2D eigenvalue weighted by Gasteiger charge is 2.34. The number of halogens is 3. The first-order valence-electron chi connectivity index (χ1n) is 3.54. The average Bonchev–Trinajstić information content (AvgIpc) is 2.02. The molecule has 0 aliphatic heterocycles. The van der Waals surface area contributed by atoms with Crippen molar-refractivity contribution in [2.24, 2.45) is 0 Å². The molecular formula is C8H6F3NO2. The summed E-state index contributed by atoms with van der Waals surface area (Å²) in [6.45, 7) is 0. The first kappa shape index (κ1) is 10.4. The molecular weight excluding hydrogens is 199 g/mol. The van der Waals surface area contributed by atoms with Gasteiger partial charge in [0.1, 0.15) is 0 Å². The molecule has 14 heavy (non-hydrogen) atoms. The second kappa shape index (κ2) is 3.57. The van der Waals surface area contributed by atoms with E-state index in [1.54, 1.807) is 0 Å². The van der Waals surface area contributed by atoms with Crippen LogP contribution in [0.1, 0.15) is 10.4 Å². The molecule has 0 spiro atoms. The van der Waals surface area contributed by atoms with Crippen LogP contribution in [0.15, 0.2) is 24.3 Å². The van der Waals surface area contributed by atoms with Crippen LogP contribution in [0, 0.1) is 0 Å². The van der Waals surface area contributed by atoms with Gasteiger partial charge in [-0.2, -0.15) is 0 Å². The van der Waals surface area contributed by atoms with E-state index in [0.717, 1.165) is 12.1 Å². The van der Waals surface area contributed by atoms with E-state index in [4.69, 9.17) is 5.73 Å². The Morgan fingerprint density at radius 1 is 1.21 bits per heavy atom. The molecule has 0 atom stereocenters. The van der Waals surface area contributed by atoms with Gasteiger partial charge < -0.3 is 10.5 Å². The molecule has 0 fully saturated rings. The summed E-state index contributed by atoms with van der Waals surface area (Å²) in [5.41, 5.74) is 5.44. The Kier molecular flexibility index (Phi) is 2.64. The van der Waals surface area contributed by atoms with Crippen LogP contribution < -0.4 is 5.73 Å². The van der Waals surface area contributed by atoms with Crippen LogP contribution >= 0.6 is 0 Å². The quantitative estimate of drug-likeness (QED) is 0.563. The zero-order valence-electron chi connectivity index (χ0n) is 6.84. The number of nitrogen functional groups attached to an aromatic ring is 1. The van der Waals surface area contributed by atoms with Crippen LogP contribution in [0.5, 0.6) is 0 Å². The largest absolute Gasteiger partial charge is 0.575 e. The van der Waals surface area contributed by atoms with E-state index in [9.17, 15) is 18.0 Å². The molecule has 0 aliphatic carbocycles. The van der Waals surface area contributed by atoms with E-state index < -0.39 is 12.3 Å². The molecule has 0 aromatic heterocycles. The third-order valence-electron chi connectivity index (χ3n) is 1.35. The predicted octanol–water partition coefficient (Wildman–Crippen LogP) is 1.95. The third-order valence-corrected chi connectivity index (χ3v) is 1.35. The van der Waals surface area contributed by atoms with Crippen LogP contribution in [-0.4, -0.2) is 12.3 Å². The van der Waals surface area contributed by atoms with Gasteiger partial charge in [-0.05, 0) is 24.3 Å². The van der Waals surface area contributed by atoms with Crippen LogP contribution in [0.2, 0.25) is 0 Å². The number of rotatable bonds is 1. The molecule has 76 valence electrons. The van der Waals surface area contributed by atoms with Crippen molar-refractivity contribution in [1.82, 2.24) is 0 Å². The first-order chi connectivity index (χ1) is 6.38. The fraction of sp³-hybridized carbons (Fsp3) is 0.125. The van der Waals surface area contributed by atoms with Crippen LogP contribution in [0.4, 0.5) is 18.9 Å². The number of hydrogen-bond acceptors (Lipinski definition) is 3. The van der Waals surface area contributed by atoms with Crippen molar-refractivity contribution in [3.05, 3.63) is 29.8 Å². The highest BCUT2D eigenvalue weighted by atomic mass is 19.4. The van der Waals surface area contributed by atoms with E-state index in [1.165, 1.54) is 12.1 Å². The van der Waals surface area contributed by atoms with Crippen LogP contribution in [0.3, 0.4) is 0 Å². The summed E-state index contributed by atoms with van der Waals surface area (Å²) in [7, 11) is 0. The highest BCUT2D eigenvalue weighted by Crippen LogP contribution is 2.19. The summed E-state index contributed by atoms with van der Waals surface area (Å²) in [5, 5.41) is 0. The van der Waals surface area contributed by atoms with Crippen molar-refractivity contribution < 1.29 is 22.7 Å². The molecule has 0 heterocycles. The summed E-state index contributed by atoms with van der Waals surface area (Å²) in [5.74, 6) is -1.45. The molecule has 2 N–H and O–H groups in total. The van der Waals surface area contributed by atoms with E-state index in [1.807, 2.05) is 0 Å². The predicted molar refractivity (Wildman–Crippen MR) is 42.3 cm³/mol. The maximum atomic E-state index is 11.6. The highest BCUT2D eigenvalue weighted by molar-refractivity contribution is 5.89. The molecule has 0 unspecified atom stereocenters. The lowest BCUT2D eigenvalue weighted by Gasteiger charge is -2.06. The van der Waals surface area contributed by atoms with E-state index in [0.29, 0.717) is 5.69 Å². The van der Waals surface area contributed by atoms with Gasteiger partial charge in [0.05, 0.1) is 5.56 Å². The lowest BCUT2D eigenvalue weighted by atomic mass is 10.2. The minimum Gasteiger partial charge on any atom is -0.399 e. The Bertz CT molecular complexity index is 331. The monoisotopic (exact) mass is 205 g/mol. The number of hydrogen-bond donors (Lipinski definition) is 1. The number of carbonyl (C=O) groups excluding carboxylic acids is 1. The lowest BCUT2D eigenvalue weighted by molar-refractivity contribution is -0.291. The minimum atomic E-state index is -4.96. The van der Waals surface area contributed by atoms with Gasteiger partial charge in [0.2, 0.25) is 0 Å². The van der Waals surface area contributed by atoms with E-state index >= 15 is 0 Å². The fourth-order valence-corrected chi connectivity index (χ4v) is 0.783. The number of anilines is 1. The molecule has 1 aromatic carbocycles. The van der Waals surface area contributed by atoms with Crippen molar-refractivity contribution in [2.45, 2.75) is 6.36 Å². The molecule has 1 rings (SSSR count). The van der Waals surface area contributed by atoms with Crippen molar-refractivity contribution in [1.29, 1.82) is 0 Å². The van der Waals surface area contributed by atoms with Gasteiger partial charge in [0.15, 0.2) is 0 Å². The molecule has 0 radical (unpaired) electrons. The molecule has 1 aromatic rings. The van der Waals surface area contributed by atoms with Crippen molar-refractivity contribution in [3.63, 3.8) is 0 Å². The van der Waals surface area contributed by atoms with Crippen molar-refractivity contribution in [2.75, 3.05) is 5.73 Å². The number of ether oxygens (including phenoxy) is 1. The Hall–Kier alpha value is -1.72. The summed E-state index contributed by atoms with van der Waals surface area (Å²) >= 11 is 0. The SMILES string of the molecule is Nc1ccc(C(=O)OC(F)(F)F)cc1. The van der Waals surface area contributed by atoms with Gasteiger partial charge in [-0.1, -0.05) is 0 Å². The zero-order valence-corrected chi connectivity index (χ0v) is 6.84. The molecule has 3 nitrogen and oxygen atoms in total. The third kappa shape index (κ3) is 2.96. The first-order valence-corrected chi connectivity index (χ1v) is 3.54. The zero-order chi connectivity index (χ0) is 10.8. The molecule has 0 saturated heterocycles. The molecule has 0 aliphatic rings. The van der Waals surface area contributed by atoms with Crippen molar-refractivity contribution >= 4 is 11.7 Å². The van der Waals surface area contributed by atoms with Gasteiger partial charge in [0, 0.05) is 5.69 Å². The van der Waals surface area contributed by atoms with Gasteiger partial charge in [0.25, 0.3) is 0 Å². The molecule has 0 saturated carbocycles. The Morgan fingerprint density at radius 3 is 2.14 bits per heavy atom. The standard InChI is InChI=1S/C8H6F3NO2/c9-8(10,11)14-7(13)5-1-3-6(12)4-2-5/h1-4H,12H2. The topological polar surface area (TPSA) is 52.3 Å². The Morgan fingerprint density at radius 2 is 1.71 bits per heavy atom.